The number of amides is 2. The summed E-state index contributed by atoms with van der Waals surface area (Å²) in [7, 11) is 1.58. The van der Waals surface area contributed by atoms with Gasteiger partial charge in [0.1, 0.15) is 11.4 Å². The summed E-state index contributed by atoms with van der Waals surface area (Å²) in [6, 6.07) is 7.16. The Labute approximate surface area is 165 Å². The number of anilines is 1. The number of carbonyl (C=O) groups excluding carboxylic acids is 2. The van der Waals surface area contributed by atoms with Crippen LogP contribution in [0, 0.1) is 5.92 Å². The fourth-order valence-corrected chi connectivity index (χ4v) is 3.34. The van der Waals surface area contributed by atoms with Gasteiger partial charge >= 0.3 is 0 Å². The molecule has 2 N–H and O–H groups in total. The predicted molar refractivity (Wildman–Crippen MR) is 108 cm³/mol. The summed E-state index contributed by atoms with van der Waals surface area (Å²) < 4.78 is 7.08. The Balaban J connectivity index is 1.81. The normalized spacial score (nSPS) is 13.1. The molecule has 1 aromatic heterocycles. The maximum atomic E-state index is 12.9. The summed E-state index contributed by atoms with van der Waals surface area (Å²) in [5, 5.41) is 5.79. The van der Waals surface area contributed by atoms with Crippen LogP contribution in [0.1, 0.15) is 59.9 Å². The maximum absolute atomic E-state index is 12.9. The number of fused-ring (bicyclic) bond motifs is 1. The fourth-order valence-electron chi connectivity index (χ4n) is 3.34. The van der Waals surface area contributed by atoms with Crippen molar-refractivity contribution in [1.82, 2.24) is 14.9 Å². The number of rotatable bonds is 7. The number of hydrogen-bond acceptors (Lipinski definition) is 4. The highest BCUT2D eigenvalue weighted by molar-refractivity contribution is 6.03. The Morgan fingerprint density at radius 1 is 1.25 bits per heavy atom. The van der Waals surface area contributed by atoms with E-state index >= 15 is 0 Å². The second-order valence-corrected chi connectivity index (χ2v) is 7.46. The number of imidazole rings is 1. The zero-order valence-electron chi connectivity index (χ0n) is 16.7. The average Bonchev–Trinajstić information content (AvgIpc) is 3.08. The SMILES string of the molecule is COc1cccc(NC(=O)c2nc(C(=O)NCCC(C)C)c3n2CCCC3)c1. The number of aromatic nitrogens is 2. The van der Waals surface area contributed by atoms with Crippen LogP contribution >= 0.6 is 0 Å². The van der Waals surface area contributed by atoms with Crippen LogP contribution in [0.25, 0.3) is 0 Å². The molecular weight excluding hydrogens is 356 g/mol. The van der Waals surface area contributed by atoms with E-state index in [2.05, 4.69) is 29.5 Å². The average molecular weight is 384 g/mol. The monoisotopic (exact) mass is 384 g/mol. The number of carbonyl (C=O) groups is 2. The molecule has 1 aliphatic rings. The second-order valence-electron chi connectivity index (χ2n) is 7.46. The van der Waals surface area contributed by atoms with Crippen molar-refractivity contribution < 1.29 is 14.3 Å². The van der Waals surface area contributed by atoms with Crippen molar-refractivity contribution >= 4 is 17.5 Å². The Morgan fingerprint density at radius 3 is 2.82 bits per heavy atom. The molecule has 0 radical (unpaired) electrons. The Morgan fingerprint density at radius 2 is 2.07 bits per heavy atom. The standard InChI is InChI=1S/C21H28N4O3/c1-14(2)10-11-22-20(26)18-17-9-4-5-12-25(17)19(24-18)21(27)23-15-7-6-8-16(13-15)28-3/h6-8,13-14H,4-5,9-12H2,1-3H3,(H,22,26)(H,23,27). The molecule has 28 heavy (non-hydrogen) atoms. The summed E-state index contributed by atoms with van der Waals surface area (Å²) in [4.78, 5) is 29.9. The van der Waals surface area contributed by atoms with Gasteiger partial charge in [-0.2, -0.15) is 0 Å². The van der Waals surface area contributed by atoms with Crippen molar-refractivity contribution in [2.75, 3.05) is 19.0 Å². The molecule has 150 valence electrons. The van der Waals surface area contributed by atoms with Crippen LogP contribution in [0.15, 0.2) is 24.3 Å². The number of hydrogen-bond donors (Lipinski definition) is 2. The first kappa shape index (κ1) is 19.9. The van der Waals surface area contributed by atoms with E-state index < -0.39 is 0 Å². The van der Waals surface area contributed by atoms with Crippen LogP contribution in [0.5, 0.6) is 5.75 Å². The van der Waals surface area contributed by atoms with Crippen LogP contribution < -0.4 is 15.4 Å². The number of methoxy groups -OCH3 is 1. The minimum atomic E-state index is -0.322. The van der Waals surface area contributed by atoms with Crippen molar-refractivity contribution in [3.8, 4) is 5.75 Å². The van der Waals surface area contributed by atoms with E-state index in [1.165, 1.54) is 0 Å². The molecular formula is C21H28N4O3. The third-order valence-electron chi connectivity index (χ3n) is 4.87. The molecule has 0 saturated carbocycles. The highest BCUT2D eigenvalue weighted by Gasteiger charge is 2.27. The molecule has 0 fully saturated rings. The minimum Gasteiger partial charge on any atom is -0.497 e. The second kappa shape index (κ2) is 8.91. The predicted octanol–water partition coefficient (Wildman–Crippen LogP) is 3.26. The van der Waals surface area contributed by atoms with Crippen molar-refractivity contribution in [2.45, 2.75) is 46.1 Å². The molecule has 7 nitrogen and oxygen atoms in total. The lowest BCUT2D eigenvalue weighted by molar-refractivity contribution is 0.0946. The van der Waals surface area contributed by atoms with Crippen LogP contribution in [-0.2, 0) is 13.0 Å². The number of benzene rings is 1. The summed E-state index contributed by atoms with van der Waals surface area (Å²) in [5.41, 5.74) is 1.85. The van der Waals surface area contributed by atoms with E-state index in [0.717, 1.165) is 31.4 Å². The van der Waals surface area contributed by atoms with Crippen LogP contribution in [0.4, 0.5) is 5.69 Å². The van der Waals surface area contributed by atoms with E-state index in [9.17, 15) is 9.59 Å². The van der Waals surface area contributed by atoms with Crippen molar-refractivity contribution in [3.63, 3.8) is 0 Å². The molecule has 0 spiro atoms. The quantitative estimate of drug-likeness (QED) is 0.767. The molecule has 1 aliphatic heterocycles. The zero-order chi connectivity index (χ0) is 20.1. The molecule has 0 atom stereocenters. The van der Waals surface area contributed by atoms with Gasteiger partial charge in [-0.25, -0.2) is 4.98 Å². The highest BCUT2D eigenvalue weighted by atomic mass is 16.5. The topological polar surface area (TPSA) is 85.2 Å². The van der Waals surface area contributed by atoms with Crippen LogP contribution in [-0.4, -0.2) is 35.0 Å². The molecule has 3 rings (SSSR count). The van der Waals surface area contributed by atoms with E-state index in [1.54, 1.807) is 19.2 Å². The molecule has 0 aliphatic carbocycles. The summed E-state index contributed by atoms with van der Waals surface area (Å²) in [6.45, 7) is 5.54. The Kier molecular flexibility index (Phi) is 6.34. The van der Waals surface area contributed by atoms with Gasteiger partial charge in [-0.05, 0) is 43.7 Å². The molecule has 0 saturated heterocycles. The van der Waals surface area contributed by atoms with Crippen molar-refractivity contribution in [3.05, 3.63) is 41.5 Å². The lowest BCUT2D eigenvalue weighted by Gasteiger charge is -2.17. The lowest BCUT2D eigenvalue weighted by Crippen LogP contribution is -2.27. The fraction of sp³-hybridized carbons (Fsp3) is 0.476. The third kappa shape index (κ3) is 4.52. The largest absolute Gasteiger partial charge is 0.497 e. The molecule has 0 unspecified atom stereocenters. The van der Waals surface area contributed by atoms with E-state index in [-0.39, 0.29) is 17.6 Å². The van der Waals surface area contributed by atoms with Gasteiger partial charge in [-0.15, -0.1) is 0 Å². The smallest absolute Gasteiger partial charge is 0.291 e. The first-order valence-electron chi connectivity index (χ1n) is 9.82. The Hall–Kier alpha value is -2.83. The first-order chi connectivity index (χ1) is 13.5. The van der Waals surface area contributed by atoms with E-state index in [4.69, 9.17) is 4.74 Å². The number of nitrogens with one attached hydrogen (secondary N) is 2. The minimum absolute atomic E-state index is 0.202. The number of ether oxygens (including phenoxy) is 1. The molecule has 0 bridgehead atoms. The van der Waals surface area contributed by atoms with E-state index in [1.807, 2.05) is 16.7 Å². The van der Waals surface area contributed by atoms with Crippen LogP contribution in [0.3, 0.4) is 0 Å². The third-order valence-corrected chi connectivity index (χ3v) is 4.87. The lowest BCUT2D eigenvalue weighted by atomic mass is 10.1. The van der Waals surface area contributed by atoms with Gasteiger partial charge in [0.2, 0.25) is 0 Å². The molecule has 7 heteroatoms. The molecule has 2 aromatic rings. The van der Waals surface area contributed by atoms with Gasteiger partial charge in [0.15, 0.2) is 5.82 Å². The van der Waals surface area contributed by atoms with Gasteiger partial charge in [0.25, 0.3) is 11.8 Å². The van der Waals surface area contributed by atoms with Gasteiger partial charge in [-0.1, -0.05) is 19.9 Å². The molecule has 2 heterocycles. The first-order valence-corrected chi connectivity index (χ1v) is 9.82. The van der Waals surface area contributed by atoms with Crippen molar-refractivity contribution in [2.24, 2.45) is 5.92 Å². The van der Waals surface area contributed by atoms with Crippen LogP contribution in [0.2, 0.25) is 0 Å². The van der Waals surface area contributed by atoms with Gasteiger partial charge < -0.3 is 19.9 Å². The zero-order valence-corrected chi connectivity index (χ0v) is 16.7. The van der Waals surface area contributed by atoms with Crippen molar-refractivity contribution in [1.29, 1.82) is 0 Å². The number of nitrogens with zero attached hydrogens (tertiary/aromatic N) is 2. The van der Waals surface area contributed by atoms with E-state index in [0.29, 0.717) is 36.1 Å². The van der Waals surface area contributed by atoms with Gasteiger partial charge in [-0.3, -0.25) is 9.59 Å². The van der Waals surface area contributed by atoms with Gasteiger partial charge in [0.05, 0.1) is 12.8 Å². The summed E-state index contributed by atoms with van der Waals surface area (Å²) >= 11 is 0. The highest BCUT2D eigenvalue weighted by Crippen LogP contribution is 2.23. The summed E-state index contributed by atoms with van der Waals surface area (Å²) in [5.74, 6) is 0.935. The summed E-state index contributed by atoms with van der Waals surface area (Å²) in [6.07, 6.45) is 3.63. The molecule has 2 amide bonds. The molecule has 1 aromatic carbocycles. The maximum Gasteiger partial charge on any atom is 0.291 e. The van der Waals surface area contributed by atoms with Gasteiger partial charge in [0, 0.05) is 24.8 Å². The Bertz CT molecular complexity index is 857.